The lowest BCUT2D eigenvalue weighted by Gasteiger charge is -2.20. The zero-order valence-electron chi connectivity index (χ0n) is 11.0. The molecule has 0 saturated carbocycles. The van der Waals surface area contributed by atoms with Gasteiger partial charge in [0.05, 0.1) is 12.6 Å². The lowest BCUT2D eigenvalue weighted by molar-refractivity contribution is -0.119. The molecule has 5 heteroatoms. The number of amides is 1. The fourth-order valence-corrected chi connectivity index (χ4v) is 1.92. The number of rotatable bonds is 8. The van der Waals surface area contributed by atoms with Crippen molar-refractivity contribution in [3.05, 3.63) is 29.8 Å². The van der Waals surface area contributed by atoms with Crippen LogP contribution in [0.5, 0.6) is 0 Å². The Morgan fingerprint density at radius 1 is 1.37 bits per heavy atom. The first-order valence-corrected chi connectivity index (χ1v) is 6.34. The minimum Gasteiger partial charge on any atom is -0.399 e. The van der Waals surface area contributed by atoms with Crippen molar-refractivity contribution < 1.29 is 4.79 Å². The smallest absolute Gasteiger partial charge is 0.231 e. The zero-order chi connectivity index (χ0) is 14.1. The van der Waals surface area contributed by atoms with Gasteiger partial charge in [0.25, 0.3) is 0 Å². The molecule has 0 fully saturated rings. The van der Waals surface area contributed by atoms with E-state index in [1.165, 1.54) is 0 Å². The second kappa shape index (κ2) is 8.11. The highest BCUT2D eigenvalue weighted by Crippen LogP contribution is 2.10. The molecule has 0 aliphatic rings. The van der Waals surface area contributed by atoms with Crippen LogP contribution in [0.2, 0.25) is 0 Å². The minimum absolute atomic E-state index is 0.224. The highest BCUT2D eigenvalue weighted by Gasteiger charge is 2.09. The van der Waals surface area contributed by atoms with Crippen LogP contribution < -0.4 is 11.5 Å². The van der Waals surface area contributed by atoms with Gasteiger partial charge < -0.3 is 11.5 Å². The van der Waals surface area contributed by atoms with Crippen LogP contribution in [0, 0.1) is 11.3 Å². The maximum atomic E-state index is 11.1. The van der Waals surface area contributed by atoms with Crippen LogP contribution in [0.25, 0.3) is 0 Å². The van der Waals surface area contributed by atoms with Crippen LogP contribution in [-0.2, 0) is 11.3 Å². The zero-order valence-corrected chi connectivity index (χ0v) is 11.0. The number of nitrogens with two attached hydrogens (primary N) is 2. The van der Waals surface area contributed by atoms with E-state index in [4.69, 9.17) is 16.7 Å². The molecule has 1 aromatic carbocycles. The summed E-state index contributed by atoms with van der Waals surface area (Å²) in [6, 6.07) is 9.70. The first kappa shape index (κ1) is 15.0. The molecule has 0 radical (unpaired) electrons. The molecule has 0 aliphatic carbocycles. The molecule has 0 aliphatic heterocycles. The van der Waals surface area contributed by atoms with E-state index in [9.17, 15) is 4.79 Å². The quantitative estimate of drug-likeness (QED) is 0.543. The Kier molecular flexibility index (Phi) is 6.41. The van der Waals surface area contributed by atoms with Crippen LogP contribution in [-0.4, -0.2) is 23.9 Å². The number of nitrogen functional groups attached to an aromatic ring is 1. The Bertz CT molecular complexity index is 453. The third-order valence-electron chi connectivity index (χ3n) is 2.75. The molecular formula is C14H20N4O. The van der Waals surface area contributed by atoms with Gasteiger partial charge in [-0.1, -0.05) is 12.1 Å². The molecule has 19 heavy (non-hydrogen) atoms. The average Bonchev–Trinajstić information content (AvgIpc) is 2.34. The highest BCUT2D eigenvalue weighted by atomic mass is 16.1. The van der Waals surface area contributed by atoms with Crippen LogP contribution in [0.3, 0.4) is 0 Å². The standard InChI is InChI=1S/C14H20N4O/c15-7-2-1-3-8-18(11-14(17)19)10-12-5-4-6-13(16)9-12/h4-6,9H,1-3,8,10-11,16H2,(H2,17,19). The van der Waals surface area contributed by atoms with E-state index in [0.29, 0.717) is 18.7 Å². The van der Waals surface area contributed by atoms with Crippen LogP contribution in [0.15, 0.2) is 24.3 Å². The molecule has 0 bridgehead atoms. The molecule has 1 amide bonds. The molecule has 0 atom stereocenters. The Labute approximate surface area is 113 Å². The number of nitriles is 1. The summed E-state index contributed by atoms with van der Waals surface area (Å²) in [5.41, 5.74) is 12.7. The summed E-state index contributed by atoms with van der Waals surface area (Å²) in [4.78, 5) is 13.0. The van der Waals surface area contributed by atoms with E-state index in [1.54, 1.807) is 0 Å². The topological polar surface area (TPSA) is 96.1 Å². The van der Waals surface area contributed by atoms with Crippen LogP contribution in [0.1, 0.15) is 24.8 Å². The van der Waals surface area contributed by atoms with Gasteiger partial charge in [0.1, 0.15) is 0 Å². The maximum absolute atomic E-state index is 11.1. The summed E-state index contributed by atoms with van der Waals surface area (Å²) in [5, 5.41) is 8.49. The van der Waals surface area contributed by atoms with Gasteiger partial charge in [-0.3, -0.25) is 9.69 Å². The van der Waals surface area contributed by atoms with Crippen molar-refractivity contribution in [2.45, 2.75) is 25.8 Å². The molecule has 0 aromatic heterocycles. The second-order valence-electron chi connectivity index (χ2n) is 4.54. The normalized spacial score (nSPS) is 10.3. The van der Waals surface area contributed by atoms with Crippen molar-refractivity contribution in [3.63, 3.8) is 0 Å². The Balaban J connectivity index is 2.53. The molecule has 0 saturated heterocycles. The van der Waals surface area contributed by atoms with E-state index in [2.05, 4.69) is 6.07 Å². The van der Waals surface area contributed by atoms with Gasteiger partial charge in [-0.05, 0) is 37.1 Å². The minimum atomic E-state index is -0.343. The molecule has 5 nitrogen and oxygen atoms in total. The van der Waals surface area contributed by atoms with Gasteiger partial charge in [-0.2, -0.15) is 5.26 Å². The van der Waals surface area contributed by atoms with E-state index in [0.717, 1.165) is 24.9 Å². The molecular weight excluding hydrogens is 240 g/mol. The maximum Gasteiger partial charge on any atom is 0.231 e. The fraction of sp³-hybridized carbons (Fsp3) is 0.429. The molecule has 0 spiro atoms. The van der Waals surface area contributed by atoms with Crippen molar-refractivity contribution in [1.29, 1.82) is 5.26 Å². The van der Waals surface area contributed by atoms with E-state index in [1.807, 2.05) is 29.2 Å². The molecule has 1 aromatic rings. The van der Waals surface area contributed by atoms with Crippen molar-refractivity contribution in [2.75, 3.05) is 18.8 Å². The first-order valence-electron chi connectivity index (χ1n) is 6.34. The summed E-state index contributed by atoms with van der Waals surface area (Å²) in [6.07, 6.45) is 2.26. The fourth-order valence-electron chi connectivity index (χ4n) is 1.92. The summed E-state index contributed by atoms with van der Waals surface area (Å²) >= 11 is 0. The van der Waals surface area contributed by atoms with Gasteiger partial charge in [0.2, 0.25) is 5.91 Å². The Hall–Kier alpha value is -2.06. The third kappa shape index (κ3) is 6.43. The lowest BCUT2D eigenvalue weighted by Crippen LogP contribution is -2.34. The average molecular weight is 260 g/mol. The van der Waals surface area contributed by atoms with Crippen molar-refractivity contribution in [3.8, 4) is 6.07 Å². The Morgan fingerprint density at radius 2 is 2.16 bits per heavy atom. The van der Waals surface area contributed by atoms with Gasteiger partial charge in [-0.25, -0.2) is 0 Å². The number of nitrogens with zero attached hydrogens (tertiary/aromatic N) is 2. The molecule has 0 heterocycles. The van der Waals surface area contributed by atoms with Gasteiger partial charge in [-0.15, -0.1) is 0 Å². The lowest BCUT2D eigenvalue weighted by atomic mass is 10.1. The monoisotopic (exact) mass is 260 g/mol. The van der Waals surface area contributed by atoms with Gasteiger partial charge in [0.15, 0.2) is 0 Å². The predicted molar refractivity (Wildman–Crippen MR) is 74.8 cm³/mol. The van der Waals surface area contributed by atoms with Crippen LogP contribution in [0.4, 0.5) is 5.69 Å². The number of anilines is 1. The summed E-state index contributed by atoms with van der Waals surface area (Å²) in [7, 11) is 0. The largest absolute Gasteiger partial charge is 0.399 e. The predicted octanol–water partition coefficient (Wildman–Crippen LogP) is 1.25. The molecule has 4 N–H and O–H groups in total. The van der Waals surface area contributed by atoms with E-state index < -0.39 is 0 Å². The van der Waals surface area contributed by atoms with Crippen molar-refractivity contribution in [1.82, 2.24) is 4.90 Å². The third-order valence-corrected chi connectivity index (χ3v) is 2.75. The van der Waals surface area contributed by atoms with Gasteiger partial charge in [0, 0.05) is 18.7 Å². The molecule has 102 valence electrons. The van der Waals surface area contributed by atoms with Crippen molar-refractivity contribution >= 4 is 11.6 Å². The molecule has 1 rings (SSSR count). The number of carbonyl (C=O) groups excluding carboxylic acids is 1. The number of hydrogen-bond donors (Lipinski definition) is 2. The number of carbonyl (C=O) groups is 1. The van der Waals surface area contributed by atoms with Crippen LogP contribution >= 0.6 is 0 Å². The molecule has 0 unspecified atom stereocenters. The summed E-state index contributed by atoms with van der Waals surface area (Å²) < 4.78 is 0. The second-order valence-corrected chi connectivity index (χ2v) is 4.54. The first-order chi connectivity index (χ1) is 9.11. The number of benzene rings is 1. The number of unbranched alkanes of at least 4 members (excludes halogenated alkanes) is 2. The summed E-state index contributed by atoms with van der Waals surface area (Å²) in [5.74, 6) is -0.343. The number of hydrogen-bond acceptors (Lipinski definition) is 4. The van der Waals surface area contributed by atoms with Crippen molar-refractivity contribution in [2.24, 2.45) is 5.73 Å². The summed E-state index contributed by atoms with van der Waals surface area (Å²) in [6.45, 7) is 1.61. The van der Waals surface area contributed by atoms with E-state index in [-0.39, 0.29) is 12.5 Å². The van der Waals surface area contributed by atoms with E-state index >= 15 is 0 Å². The number of primary amides is 1. The SMILES string of the molecule is N#CCCCCN(CC(N)=O)Cc1cccc(N)c1. The Morgan fingerprint density at radius 3 is 2.79 bits per heavy atom. The van der Waals surface area contributed by atoms with Gasteiger partial charge >= 0.3 is 0 Å². The highest BCUT2D eigenvalue weighted by molar-refractivity contribution is 5.75.